The van der Waals surface area contributed by atoms with Crippen molar-refractivity contribution in [2.75, 3.05) is 57.4 Å². The number of hydrogen-bond acceptors (Lipinski definition) is 5. The molecule has 0 aromatic heterocycles. The molecule has 5 rings (SSSR count). The van der Waals surface area contributed by atoms with Crippen molar-refractivity contribution in [2.24, 2.45) is 5.92 Å². The molecule has 0 saturated carbocycles. The Morgan fingerprint density at radius 2 is 1.71 bits per heavy atom. The van der Waals surface area contributed by atoms with Gasteiger partial charge in [-0.05, 0) is 49.8 Å². The van der Waals surface area contributed by atoms with E-state index in [-0.39, 0.29) is 31.5 Å². The molecule has 210 valence electrons. The molecule has 4 aliphatic rings. The number of ether oxygens (including phenoxy) is 1. The first-order valence-corrected chi connectivity index (χ1v) is 13.5. The third-order valence-corrected chi connectivity index (χ3v) is 8.80. The van der Waals surface area contributed by atoms with Crippen molar-refractivity contribution in [2.45, 2.75) is 62.3 Å². The first-order valence-electron chi connectivity index (χ1n) is 13.5. The van der Waals surface area contributed by atoms with Crippen molar-refractivity contribution in [1.29, 1.82) is 0 Å². The molecule has 0 bridgehead atoms. The number of aliphatic carboxylic acids is 1. The van der Waals surface area contributed by atoms with Gasteiger partial charge in [-0.1, -0.05) is 6.07 Å². The molecule has 1 N–H and O–H groups in total. The summed E-state index contributed by atoms with van der Waals surface area (Å²) in [4.78, 5) is 30.1. The Labute approximate surface area is 219 Å². The van der Waals surface area contributed by atoms with E-state index in [9.17, 15) is 27.9 Å². The van der Waals surface area contributed by atoms with E-state index in [1.165, 1.54) is 11.0 Å². The number of alkyl halides is 4. The SMILES string of the molecule is O=C(O)C1CCN(c2cc(C(F)(F)F)ccc2[C@@H]2CCN(C(=O)[C@@]3(F)CCN(C4CCOCC4)C3)C2)CC1. The van der Waals surface area contributed by atoms with Crippen LogP contribution < -0.4 is 4.90 Å². The topological polar surface area (TPSA) is 73.3 Å². The van der Waals surface area contributed by atoms with E-state index in [1.54, 1.807) is 0 Å². The Hall–Kier alpha value is -2.40. The molecular weight excluding hydrogens is 506 g/mol. The average Bonchev–Trinajstić information content (AvgIpc) is 3.56. The van der Waals surface area contributed by atoms with Crippen molar-refractivity contribution in [3.8, 4) is 0 Å². The average molecular weight is 542 g/mol. The van der Waals surface area contributed by atoms with Gasteiger partial charge in [0, 0.05) is 76.6 Å². The van der Waals surface area contributed by atoms with Crippen molar-refractivity contribution in [3.05, 3.63) is 29.3 Å². The van der Waals surface area contributed by atoms with E-state index in [2.05, 4.69) is 4.90 Å². The summed E-state index contributed by atoms with van der Waals surface area (Å²) < 4.78 is 62.0. The van der Waals surface area contributed by atoms with Crippen LogP contribution in [0, 0.1) is 5.92 Å². The van der Waals surface area contributed by atoms with E-state index < -0.39 is 35.2 Å². The predicted octanol–water partition coefficient (Wildman–Crippen LogP) is 3.92. The van der Waals surface area contributed by atoms with Gasteiger partial charge < -0.3 is 19.6 Å². The Balaban J connectivity index is 1.30. The number of carboxylic acids is 1. The number of benzene rings is 1. The standard InChI is InChI=1S/C27H35F4N3O4/c28-26(8-12-34(17-26)21-6-13-38-14-7-21)25(37)33-11-5-19(16-33)22-2-1-20(27(29,30)31)15-23(22)32-9-3-18(4-10-32)24(35)36/h1-2,15,18-19,21H,3-14,16-17H2,(H,35,36)/t19-,26-/m1/s1. The summed E-state index contributed by atoms with van der Waals surface area (Å²) in [5.41, 5.74) is -1.58. The van der Waals surface area contributed by atoms with E-state index >= 15 is 4.39 Å². The molecule has 0 radical (unpaired) electrons. The maximum Gasteiger partial charge on any atom is 0.416 e. The van der Waals surface area contributed by atoms with E-state index in [0.29, 0.717) is 69.9 Å². The van der Waals surface area contributed by atoms with Crippen molar-refractivity contribution < 1.29 is 37.0 Å². The first-order chi connectivity index (χ1) is 18.0. The number of carbonyl (C=O) groups excluding carboxylic acids is 1. The maximum atomic E-state index is 15.9. The molecule has 4 aliphatic heterocycles. The van der Waals surface area contributed by atoms with Crippen LogP contribution in [0.1, 0.15) is 55.6 Å². The lowest BCUT2D eigenvalue weighted by atomic mass is 9.91. The molecule has 4 saturated heterocycles. The molecule has 0 unspecified atom stereocenters. The second-order valence-corrected chi connectivity index (χ2v) is 11.1. The number of amides is 1. The molecule has 1 aromatic rings. The minimum atomic E-state index is -4.51. The number of halogens is 4. The van der Waals surface area contributed by atoms with Crippen LogP contribution in [0.15, 0.2) is 18.2 Å². The van der Waals surface area contributed by atoms with Crippen LogP contribution >= 0.6 is 0 Å². The summed E-state index contributed by atoms with van der Waals surface area (Å²) in [5, 5.41) is 9.31. The largest absolute Gasteiger partial charge is 0.481 e. The van der Waals surface area contributed by atoms with Crippen LogP contribution in [0.2, 0.25) is 0 Å². The van der Waals surface area contributed by atoms with Crippen LogP contribution in [-0.2, 0) is 20.5 Å². The van der Waals surface area contributed by atoms with Gasteiger partial charge in [-0.15, -0.1) is 0 Å². The Morgan fingerprint density at radius 3 is 2.37 bits per heavy atom. The fourth-order valence-electron chi connectivity index (χ4n) is 6.53. The van der Waals surface area contributed by atoms with E-state index in [1.807, 2.05) is 4.90 Å². The minimum absolute atomic E-state index is 0.0711. The highest BCUT2D eigenvalue weighted by Gasteiger charge is 2.50. The highest BCUT2D eigenvalue weighted by Crippen LogP contribution is 2.41. The fraction of sp³-hybridized carbons (Fsp3) is 0.704. The van der Waals surface area contributed by atoms with Crippen LogP contribution in [0.5, 0.6) is 0 Å². The van der Waals surface area contributed by atoms with Gasteiger partial charge in [-0.2, -0.15) is 13.2 Å². The quantitative estimate of drug-likeness (QED) is 0.570. The minimum Gasteiger partial charge on any atom is -0.481 e. The number of piperidine rings is 1. The molecule has 1 aromatic carbocycles. The lowest BCUT2D eigenvalue weighted by Gasteiger charge is -2.35. The molecule has 0 aliphatic carbocycles. The number of anilines is 1. The molecule has 38 heavy (non-hydrogen) atoms. The van der Waals surface area contributed by atoms with Gasteiger partial charge in [-0.25, -0.2) is 4.39 Å². The third-order valence-electron chi connectivity index (χ3n) is 8.80. The van der Waals surface area contributed by atoms with E-state index in [4.69, 9.17) is 4.74 Å². The Kier molecular flexibility index (Phi) is 7.61. The van der Waals surface area contributed by atoms with Gasteiger partial charge >= 0.3 is 12.1 Å². The second kappa shape index (κ2) is 10.6. The zero-order valence-corrected chi connectivity index (χ0v) is 21.4. The number of rotatable bonds is 5. The van der Waals surface area contributed by atoms with Crippen molar-refractivity contribution in [3.63, 3.8) is 0 Å². The van der Waals surface area contributed by atoms with Crippen LogP contribution in [0.3, 0.4) is 0 Å². The lowest BCUT2D eigenvalue weighted by molar-refractivity contribution is -0.143. The molecule has 11 heteroatoms. The van der Waals surface area contributed by atoms with Crippen LogP contribution in [0.25, 0.3) is 0 Å². The van der Waals surface area contributed by atoms with Gasteiger partial charge in [0.1, 0.15) is 0 Å². The normalized spacial score (nSPS) is 28.3. The van der Waals surface area contributed by atoms with Gasteiger partial charge in [0.2, 0.25) is 5.67 Å². The number of nitrogens with zero attached hydrogens (tertiary/aromatic N) is 3. The van der Waals surface area contributed by atoms with Gasteiger partial charge in [0.25, 0.3) is 5.91 Å². The molecule has 7 nitrogen and oxygen atoms in total. The summed E-state index contributed by atoms with van der Waals surface area (Å²) >= 11 is 0. The van der Waals surface area contributed by atoms with Gasteiger partial charge in [0.05, 0.1) is 11.5 Å². The summed E-state index contributed by atoms with van der Waals surface area (Å²) in [5.74, 6) is -2.13. The molecular formula is C27H35F4N3O4. The first kappa shape index (κ1) is 27.2. The zero-order chi connectivity index (χ0) is 27.1. The fourth-order valence-corrected chi connectivity index (χ4v) is 6.53. The molecule has 4 heterocycles. The zero-order valence-electron chi connectivity index (χ0n) is 21.4. The summed E-state index contributed by atoms with van der Waals surface area (Å²) in [6.45, 7) is 3.19. The number of hydrogen-bond donors (Lipinski definition) is 1. The monoisotopic (exact) mass is 541 g/mol. The van der Waals surface area contributed by atoms with Gasteiger partial charge in [-0.3, -0.25) is 14.5 Å². The summed E-state index contributed by atoms with van der Waals surface area (Å²) in [6.07, 6.45) is -1.46. The van der Waals surface area contributed by atoms with E-state index in [0.717, 1.165) is 25.0 Å². The highest BCUT2D eigenvalue weighted by molar-refractivity contribution is 5.86. The van der Waals surface area contributed by atoms with Crippen molar-refractivity contribution >= 4 is 17.6 Å². The maximum absolute atomic E-state index is 15.9. The molecule has 2 atom stereocenters. The highest BCUT2D eigenvalue weighted by atomic mass is 19.4. The number of likely N-dealkylation sites (tertiary alicyclic amines) is 2. The number of carboxylic acid groups (broad SMARTS) is 1. The Bertz CT molecular complexity index is 1040. The molecule has 0 spiro atoms. The second-order valence-electron chi connectivity index (χ2n) is 11.1. The smallest absolute Gasteiger partial charge is 0.416 e. The van der Waals surface area contributed by atoms with Gasteiger partial charge in [0.15, 0.2) is 0 Å². The number of carbonyl (C=O) groups is 2. The predicted molar refractivity (Wildman–Crippen MR) is 132 cm³/mol. The van der Waals surface area contributed by atoms with Crippen LogP contribution in [-0.4, -0.2) is 91.0 Å². The molecule has 1 amide bonds. The summed E-state index contributed by atoms with van der Waals surface area (Å²) in [6, 6.07) is 3.90. The third kappa shape index (κ3) is 5.50. The van der Waals surface area contributed by atoms with Crippen LogP contribution in [0.4, 0.5) is 23.2 Å². The van der Waals surface area contributed by atoms with Crippen molar-refractivity contribution in [1.82, 2.24) is 9.80 Å². The Morgan fingerprint density at radius 1 is 1.00 bits per heavy atom. The molecule has 4 fully saturated rings. The lowest BCUT2D eigenvalue weighted by Crippen LogP contribution is -2.48. The summed E-state index contributed by atoms with van der Waals surface area (Å²) in [7, 11) is 0.